The monoisotopic (exact) mass is 311 g/mol. The van der Waals surface area contributed by atoms with E-state index in [1.165, 1.54) is 22.1 Å². The lowest BCUT2D eigenvalue weighted by atomic mass is 10.1. The van der Waals surface area contributed by atoms with Gasteiger partial charge in [0.05, 0.1) is 6.04 Å². The summed E-state index contributed by atoms with van der Waals surface area (Å²) in [4.78, 5) is 12.4. The maximum Gasteiger partial charge on any atom is 0.282 e. The molecule has 0 bridgehead atoms. The molecule has 3 rings (SSSR count). The highest BCUT2D eigenvalue weighted by atomic mass is 35.5. The van der Waals surface area contributed by atoms with Crippen molar-refractivity contribution in [1.29, 1.82) is 0 Å². The molecule has 1 aliphatic carbocycles. The molecule has 1 amide bonds. The first-order chi connectivity index (χ1) is 10.1. The lowest BCUT2D eigenvalue weighted by Crippen LogP contribution is -2.36. The number of hydrogen-bond acceptors (Lipinski definition) is 2. The highest BCUT2D eigenvalue weighted by Gasteiger charge is 2.44. The number of rotatable bonds is 5. The zero-order chi connectivity index (χ0) is 15.0. The summed E-state index contributed by atoms with van der Waals surface area (Å²) >= 11 is 5.84. The third-order valence-corrected chi connectivity index (χ3v) is 3.81. The topological polar surface area (TPSA) is 38.1 Å². The van der Waals surface area contributed by atoms with E-state index in [2.05, 4.69) is 5.10 Å². The molecule has 1 aromatic carbocycles. The Balaban J connectivity index is 1.76. The molecule has 110 valence electrons. The van der Waals surface area contributed by atoms with Crippen LogP contribution in [0, 0.1) is 0 Å². The Morgan fingerprint density at radius 1 is 1.33 bits per heavy atom. The molecule has 1 saturated carbocycles. The zero-order valence-corrected chi connectivity index (χ0v) is 11.6. The maximum atomic E-state index is 12.5. The first kappa shape index (κ1) is 14.0. The fraction of sp³-hybridized carbons (Fsp3) is 0.286. The molecule has 4 nitrogen and oxygen atoms in total. The van der Waals surface area contributed by atoms with Gasteiger partial charge in [-0.15, -0.1) is 0 Å². The van der Waals surface area contributed by atoms with Gasteiger partial charge in [-0.2, -0.15) is 9.89 Å². The number of aromatic nitrogens is 2. The number of hydrogen-bond donors (Lipinski definition) is 0. The van der Waals surface area contributed by atoms with Gasteiger partial charge < -0.3 is 0 Å². The summed E-state index contributed by atoms with van der Waals surface area (Å²) in [6, 6.07) is 8.53. The first-order valence-corrected chi connectivity index (χ1v) is 6.81. The van der Waals surface area contributed by atoms with E-state index in [9.17, 15) is 13.6 Å². The van der Waals surface area contributed by atoms with Crippen molar-refractivity contribution in [3.05, 3.63) is 52.8 Å². The Morgan fingerprint density at radius 3 is 2.62 bits per heavy atom. The van der Waals surface area contributed by atoms with Crippen LogP contribution < -0.4 is 5.01 Å². The third-order valence-electron chi connectivity index (χ3n) is 3.56. The predicted octanol–water partition coefficient (Wildman–Crippen LogP) is 3.12. The molecule has 1 heterocycles. The summed E-state index contributed by atoms with van der Waals surface area (Å²) in [5, 5.41) is 5.71. The van der Waals surface area contributed by atoms with Gasteiger partial charge in [-0.1, -0.05) is 23.7 Å². The van der Waals surface area contributed by atoms with Crippen LogP contribution in [0.4, 0.5) is 8.78 Å². The van der Waals surface area contributed by atoms with Crippen LogP contribution in [0.15, 0.2) is 36.5 Å². The molecule has 0 aliphatic heterocycles. The lowest BCUT2D eigenvalue weighted by Gasteiger charge is -2.17. The minimum absolute atomic E-state index is 0.0749. The summed E-state index contributed by atoms with van der Waals surface area (Å²) in [5.74, 6) is 0.173. The fourth-order valence-corrected chi connectivity index (χ4v) is 2.52. The van der Waals surface area contributed by atoms with Crippen molar-refractivity contribution in [3.63, 3.8) is 0 Å². The molecular weight excluding hydrogens is 300 g/mol. The molecular formula is C14H12ClF2N3O. The van der Waals surface area contributed by atoms with Gasteiger partial charge in [0.15, 0.2) is 0 Å². The number of halogens is 3. The second-order valence-electron chi connectivity index (χ2n) is 4.91. The van der Waals surface area contributed by atoms with Crippen molar-refractivity contribution in [3.8, 4) is 0 Å². The summed E-state index contributed by atoms with van der Waals surface area (Å²) in [7, 11) is 0. The van der Waals surface area contributed by atoms with E-state index in [-0.39, 0.29) is 17.7 Å². The van der Waals surface area contributed by atoms with Gasteiger partial charge in [-0.25, -0.2) is 13.8 Å². The number of benzene rings is 1. The Morgan fingerprint density at radius 2 is 2.05 bits per heavy atom. The standard InChI is InChI=1S/C14H12ClF2N3O/c15-10-3-1-9(2-4-10)11-7-13(11)19(8-21)20-6-5-12(18-20)14(16)17/h1-6,8,11,13-14H,7H2. The van der Waals surface area contributed by atoms with Crippen LogP contribution in [0.5, 0.6) is 0 Å². The van der Waals surface area contributed by atoms with E-state index in [0.29, 0.717) is 11.4 Å². The van der Waals surface area contributed by atoms with Crippen LogP contribution in [-0.4, -0.2) is 22.3 Å². The van der Waals surface area contributed by atoms with Gasteiger partial charge in [-0.3, -0.25) is 4.79 Å². The first-order valence-electron chi connectivity index (χ1n) is 6.43. The molecule has 0 N–H and O–H groups in total. The van der Waals surface area contributed by atoms with Crippen LogP contribution >= 0.6 is 11.6 Å². The van der Waals surface area contributed by atoms with E-state index in [1.54, 1.807) is 12.1 Å². The van der Waals surface area contributed by atoms with Crippen LogP contribution in [0.25, 0.3) is 0 Å². The predicted molar refractivity (Wildman–Crippen MR) is 74.1 cm³/mol. The normalized spacial score (nSPS) is 20.6. The third kappa shape index (κ3) is 2.76. The Kier molecular flexibility index (Phi) is 3.63. The molecule has 2 unspecified atom stereocenters. The minimum Gasteiger partial charge on any atom is -0.277 e. The average Bonchev–Trinajstić information content (AvgIpc) is 3.08. The zero-order valence-electron chi connectivity index (χ0n) is 10.9. The maximum absolute atomic E-state index is 12.5. The second-order valence-corrected chi connectivity index (χ2v) is 5.34. The van der Waals surface area contributed by atoms with Crippen molar-refractivity contribution in [1.82, 2.24) is 9.89 Å². The summed E-state index contributed by atoms with van der Waals surface area (Å²) in [6.45, 7) is 0. The van der Waals surface area contributed by atoms with Crippen molar-refractivity contribution < 1.29 is 13.6 Å². The number of carbonyl (C=O) groups is 1. The molecule has 21 heavy (non-hydrogen) atoms. The highest BCUT2D eigenvalue weighted by molar-refractivity contribution is 6.30. The van der Waals surface area contributed by atoms with Crippen molar-refractivity contribution in [2.75, 3.05) is 5.01 Å². The molecule has 7 heteroatoms. The molecule has 2 aromatic rings. The van der Waals surface area contributed by atoms with Crippen LogP contribution in [0.1, 0.15) is 30.0 Å². The van der Waals surface area contributed by atoms with Gasteiger partial charge in [0.25, 0.3) is 6.43 Å². The molecule has 1 aliphatic rings. The van der Waals surface area contributed by atoms with E-state index >= 15 is 0 Å². The molecule has 0 radical (unpaired) electrons. The van der Waals surface area contributed by atoms with Crippen molar-refractivity contribution >= 4 is 18.0 Å². The van der Waals surface area contributed by atoms with Crippen molar-refractivity contribution in [2.45, 2.75) is 24.8 Å². The van der Waals surface area contributed by atoms with Gasteiger partial charge in [0.2, 0.25) is 6.41 Å². The fourth-order valence-electron chi connectivity index (χ4n) is 2.39. The largest absolute Gasteiger partial charge is 0.282 e. The lowest BCUT2D eigenvalue weighted by molar-refractivity contribution is -0.109. The van der Waals surface area contributed by atoms with E-state index in [0.717, 1.165) is 12.0 Å². The van der Waals surface area contributed by atoms with Crippen LogP contribution in [0.3, 0.4) is 0 Å². The quantitative estimate of drug-likeness (QED) is 0.796. The summed E-state index contributed by atoms with van der Waals surface area (Å²) < 4.78 is 25.1. The number of carbonyl (C=O) groups excluding carboxylic acids is 1. The number of amides is 1. The summed E-state index contributed by atoms with van der Waals surface area (Å²) in [5.41, 5.74) is 0.725. The van der Waals surface area contributed by atoms with Crippen LogP contribution in [0.2, 0.25) is 5.02 Å². The minimum atomic E-state index is -2.65. The Hall–Kier alpha value is -1.95. The van der Waals surface area contributed by atoms with E-state index in [4.69, 9.17) is 11.6 Å². The number of nitrogens with zero attached hydrogens (tertiary/aromatic N) is 3. The van der Waals surface area contributed by atoms with E-state index < -0.39 is 6.43 Å². The SMILES string of the molecule is O=CN(C1CC1c1ccc(Cl)cc1)n1ccc(C(F)F)n1. The van der Waals surface area contributed by atoms with Gasteiger partial charge >= 0.3 is 0 Å². The molecule has 1 aromatic heterocycles. The Labute approximate surface area is 124 Å². The number of alkyl halides is 2. The second kappa shape index (κ2) is 5.44. The van der Waals surface area contributed by atoms with Gasteiger partial charge in [-0.05, 0) is 30.2 Å². The average molecular weight is 312 g/mol. The van der Waals surface area contributed by atoms with Gasteiger partial charge in [0, 0.05) is 17.1 Å². The molecule has 0 spiro atoms. The highest BCUT2D eigenvalue weighted by Crippen LogP contribution is 2.43. The Bertz CT molecular complexity index is 644. The molecule has 0 saturated heterocycles. The molecule has 2 atom stereocenters. The summed E-state index contributed by atoms with van der Waals surface area (Å²) in [6.07, 6.45) is 0.103. The van der Waals surface area contributed by atoms with E-state index in [1.807, 2.05) is 12.1 Å². The van der Waals surface area contributed by atoms with Gasteiger partial charge in [0.1, 0.15) is 5.69 Å². The van der Waals surface area contributed by atoms with Crippen LogP contribution in [-0.2, 0) is 4.79 Å². The molecule has 1 fully saturated rings. The van der Waals surface area contributed by atoms with Crippen molar-refractivity contribution in [2.24, 2.45) is 0 Å². The smallest absolute Gasteiger partial charge is 0.277 e.